The Morgan fingerprint density at radius 2 is 1.94 bits per heavy atom. The van der Waals surface area contributed by atoms with Crippen molar-refractivity contribution in [3.63, 3.8) is 0 Å². The number of para-hydroxylation sites is 1. The second-order valence-electron chi connectivity index (χ2n) is 7.11. The lowest BCUT2D eigenvalue weighted by molar-refractivity contribution is -0.384. The summed E-state index contributed by atoms with van der Waals surface area (Å²) >= 11 is 0. The van der Waals surface area contributed by atoms with Gasteiger partial charge in [0, 0.05) is 30.4 Å². The lowest BCUT2D eigenvalue weighted by Crippen LogP contribution is -2.43. The van der Waals surface area contributed by atoms with Crippen molar-refractivity contribution in [1.82, 2.24) is 10.3 Å². The van der Waals surface area contributed by atoms with Crippen LogP contribution in [0.25, 0.3) is 10.9 Å². The molecule has 0 bridgehead atoms. The third kappa shape index (κ3) is 5.85. The fourth-order valence-corrected chi connectivity index (χ4v) is 3.28. The highest BCUT2D eigenvalue weighted by molar-refractivity contribution is 5.95. The van der Waals surface area contributed by atoms with E-state index >= 15 is 0 Å². The predicted molar refractivity (Wildman–Crippen MR) is 119 cm³/mol. The number of nitro benzene ring substituents is 1. The smallest absolute Gasteiger partial charge is 0.329 e. The molecule has 0 saturated heterocycles. The first-order valence-corrected chi connectivity index (χ1v) is 9.89. The summed E-state index contributed by atoms with van der Waals surface area (Å²) in [6.07, 6.45) is 1.89. The Bertz CT molecular complexity index is 1200. The summed E-state index contributed by atoms with van der Waals surface area (Å²) in [5, 5.41) is 17.0. The number of methoxy groups -OCH3 is 1. The number of amides is 2. The zero-order valence-electron chi connectivity index (χ0n) is 17.9. The number of nitro groups is 1. The van der Waals surface area contributed by atoms with E-state index in [1.165, 1.54) is 26.2 Å². The number of fused-ring (bicyclic) bond motifs is 1. The number of esters is 1. The van der Waals surface area contributed by atoms with Crippen LogP contribution in [-0.4, -0.2) is 47.4 Å². The van der Waals surface area contributed by atoms with Crippen molar-refractivity contribution in [2.45, 2.75) is 19.4 Å². The Labute approximate surface area is 188 Å². The summed E-state index contributed by atoms with van der Waals surface area (Å²) in [4.78, 5) is 50.1. The van der Waals surface area contributed by atoms with Crippen molar-refractivity contribution in [2.24, 2.45) is 0 Å². The maximum atomic E-state index is 12.6. The minimum atomic E-state index is -1.02. The van der Waals surface area contributed by atoms with Gasteiger partial charge in [-0.2, -0.15) is 0 Å². The SMILES string of the molecule is COc1ccc(NC(=O)COC(=O)C(Cc2c[nH]c3ccccc23)NC(C)=O)c([N+](=O)[O-])c1. The van der Waals surface area contributed by atoms with Gasteiger partial charge in [0.1, 0.15) is 17.5 Å². The molecule has 0 aliphatic carbocycles. The number of H-pyrrole nitrogens is 1. The molecule has 0 spiro atoms. The van der Waals surface area contributed by atoms with Gasteiger partial charge in [-0.25, -0.2) is 4.79 Å². The number of hydrogen-bond donors (Lipinski definition) is 3. The molecule has 3 rings (SSSR count). The largest absolute Gasteiger partial charge is 0.496 e. The van der Waals surface area contributed by atoms with E-state index in [0.717, 1.165) is 22.5 Å². The lowest BCUT2D eigenvalue weighted by atomic mass is 10.0. The third-order valence-corrected chi connectivity index (χ3v) is 4.78. The van der Waals surface area contributed by atoms with Crippen LogP contribution in [0.4, 0.5) is 11.4 Å². The number of carbonyl (C=O) groups excluding carboxylic acids is 3. The van der Waals surface area contributed by atoms with E-state index in [4.69, 9.17) is 9.47 Å². The van der Waals surface area contributed by atoms with Crippen LogP contribution in [0.2, 0.25) is 0 Å². The van der Waals surface area contributed by atoms with Crippen LogP contribution in [0, 0.1) is 10.1 Å². The summed E-state index contributed by atoms with van der Waals surface area (Å²) in [6, 6.07) is 10.4. The van der Waals surface area contributed by atoms with E-state index in [2.05, 4.69) is 15.6 Å². The first-order valence-electron chi connectivity index (χ1n) is 9.89. The Hall–Kier alpha value is -4.41. The highest BCUT2D eigenvalue weighted by Crippen LogP contribution is 2.28. The molecular weight excluding hydrogens is 432 g/mol. The van der Waals surface area contributed by atoms with Gasteiger partial charge in [0.05, 0.1) is 18.1 Å². The molecule has 1 heterocycles. The fraction of sp³-hybridized carbons (Fsp3) is 0.227. The van der Waals surface area contributed by atoms with Crippen LogP contribution < -0.4 is 15.4 Å². The number of nitrogens with one attached hydrogen (secondary N) is 3. The maximum absolute atomic E-state index is 12.6. The van der Waals surface area contributed by atoms with E-state index in [0.29, 0.717) is 0 Å². The Morgan fingerprint density at radius 1 is 1.18 bits per heavy atom. The van der Waals surface area contributed by atoms with Gasteiger partial charge in [-0.05, 0) is 23.8 Å². The zero-order valence-corrected chi connectivity index (χ0v) is 17.9. The molecule has 33 heavy (non-hydrogen) atoms. The van der Waals surface area contributed by atoms with Gasteiger partial charge < -0.3 is 25.1 Å². The number of carbonyl (C=O) groups is 3. The van der Waals surface area contributed by atoms with Gasteiger partial charge in [0.2, 0.25) is 5.91 Å². The topological polar surface area (TPSA) is 153 Å². The minimum absolute atomic E-state index is 0.0703. The Morgan fingerprint density at radius 3 is 2.64 bits per heavy atom. The van der Waals surface area contributed by atoms with Gasteiger partial charge >= 0.3 is 5.97 Å². The third-order valence-electron chi connectivity index (χ3n) is 4.78. The minimum Gasteiger partial charge on any atom is -0.496 e. The molecule has 1 unspecified atom stereocenters. The summed E-state index contributed by atoms with van der Waals surface area (Å²) in [5.74, 6) is -1.77. The highest BCUT2D eigenvalue weighted by atomic mass is 16.6. The van der Waals surface area contributed by atoms with Gasteiger partial charge in [0.15, 0.2) is 6.61 Å². The van der Waals surface area contributed by atoms with Crippen molar-refractivity contribution in [3.8, 4) is 5.75 Å². The standard InChI is InChI=1S/C22H22N4O7/c1-13(27)24-19(9-14-11-23-17-6-4-3-5-16(14)17)22(29)33-12-21(28)25-18-8-7-15(32-2)10-20(18)26(30)31/h3-8,10-11,19,23H,9,12H2,1-2H3,(H,24,27)(H,25,28). The van der Waals surface area contributed by atoms with Gasteiger partial charge in [0.25, 0.3) is 11.6 Å². The first kappa shape index (κ1) is 23.3. The molecule has 0 radical (unpaired) electrons. The lowest BCUT2D eigenvalue weighted by Gasteiger charge is -2.16. The van der Waals surface area contributed by atoms with Gasteiger partial charge in [-0.3, -0.25) is 19.7 Å². The molecule has 11 nitrogen and oxygen atoms in total. The highest BCUT2D eigenvalue weighted by Gasteiger charge is 2.24. The molecule has 0 fully saturated rings. The van der Waals surface area contributed by atoms with E-state index in [9.17, 15) is 24.5 Å². The number of aromatic amines is 1. The summed E-state index contributed by atoms with van der Waals surface area (Å²) in [5.41, 5.74) is 1.23. The number of benzene rings is 2. The maximum Gasteiger partial charge on any atom is 0.329 e. The van der Waals surface area contributed by atoms with Crippen molar-refractivity contribution in [3.05, 3.63) is 64.3 Å². The van der Waals surface area contributed by atoms with Crippen LogP contribution in [0.5, 0.6) is 5.75 Å². The molecule has 3 N–H and O–H groups in total. The molecule has 1 atom stereocenters. The first-order chi connectivity index (χ1) is 15.8. The van der Waals surface area contributed by atoms with Crippen LogP contribution in [-0.2, 0) is 25.5 Å². The second-order valence-corrected chi connectivity index (χ2v) is 7.11. The van der Waals surface area contributed by atoms with E-state index in [1.54, 1.807) is 6.20 Å². The number of ether oxygens (including phenoxy) is 2. The van der Waals surface area contributed by atoms with Crippen LogP contribution in [0.15, 0.2) is 48.7 Å². The summed E-state index contributed by atoms with van der Waals surface area (Å²) < 4.78 is 10.0. The van der Waals surface area contributed by atoms with E-state index < -0.39 is 35.4 Å². The number of anilines is 1. The molecule has 11 heteroatoms. The van der Waals surface area contributed by atoms with Crippen molar-refractivity contribution >= 4 is 40.1 Å². The summed E-state index contributed by atoms with van der Waals surface area (Å²) in [7, 11) is 1.36. The van der Waals surface area contributed by atoms with Crippen LogP contribution in [0.3, 0.4) is 0 Å². The molecule has 2 aromatic carbocycles. The number of nitrogens with zero attached hydrogens (tertiary/aromatic N) is 1. The predicted octanol–water partition coefficient (Wildman–Crippen LogP) is 2.31. The molecular formula is C22H22N4O7. The fourth-order valence-electron chi connectivity index (χ4n) is 3.28. The van der Waals surface area contributed by atoms with Crippen LogP contribution >= 0.6 is 0 Å². The molecule has 172 valence electrons. The van der Waals surface area contributed by atoms with E-state index in [1.807, 2.05) is 24.3 Å². The molecule has 0 aliphatic heterocycles. The molecule has 0 saturated carbocycles. The van der Waals surface area contributed by atoms with E-state index in [-0.39, 0.29) is 23.5 Å². The van der Waals surface area contributed by atoms with Gasteiger partial charge in [-0.1, -0.05) is 18.2 Å². The number of hydrogen-bond acceptors (Lipinski definition) is 7. The normalized spacial score (nSPS) is 11.5. The molecule has 0 aliphatic rings. The Balaban J connectivity index is 1.66. The van der Waals surface area contributed by atoms with Crippen molar-refractivity contribution in [2.75, 3.05) is 19.0 Å². The summed E-state index contributed by atoms with van der Waals surface area (Å²) in [6.45, 7) is 0.580. The van der Waals surface area contributed by atoms with Crippen molar-refractivity contribution in [1.29, 1.82) is 0 Å². The average molecular weight is 454 g/mol. The molecule has 1 aromatic heterocycles. The molecule has 2 amide bonds. The quantitative estimate of drug-likeness (QED) is 0.255. The molecule has 3 aromatic rings. The number of aromatic nitrogens is 1. The van der Waals surface area contributed by atoms with Crippen LogP contribution in [0.1, 0.15) is 12.5 Å². The zero-order chi connectivity index (χ0) is 24.0. The Kier molecular flexibility index (Phi) is 7.24. The van der Waals surface area contributed by atoms with Crippen molar-refractivity contribution < 1.29 is 28.8 Å². The second kappa shape index (κ2) is 10.3. The van der Waals surface area contributed by atoms with Gasteiger partial charge in [-0.15, -0.1) is 0 Å². The average Bonchev–Trinajstić information content (AvgIpc) is 3.19. The monoisotopic (exact) mass is 454 g/mol. The number of rotatable bonds is 9.